The van der Waals surface area contributed by atoms with Crippen molar-refractivity contribution in [2.45, 2.75) is 104 Å². The average Bonchev–Trinajstić information content (AvgIpc) is 1.62. The molecule has 0 bridgehead atoms. The van der Waals surface area contributed by atoms with E-state index in [-0.39, 0.29) is 11.7 Å². The van der Waals surface area contributed by atoms with E-state index in [4.69, 9.17) is 34.2 Å². The van der Waals surface area contributed by atoms with Gasteiger partial charge in [0, 0.05) is 130 Å². The zero-order valence-corrected chi connectivity index (χ0v) is 63.0. The third kappa shape index (κ3) is 15.6. The van der Waals surface area contributed by atoms with Gasteiger partial charge in [-0.25, -0.2) is 44.9 Å². The molecule has 0 amide bonds. The summed E-state index contributed by atoms with van der Waals surface area (Å²) in [6.07, 6.45) is 25.6. The number of anilines is 3. The van der Waals surface area contributed by atoms with Crippen molar-refractivity contribution in [2.24, 2.45) is 0 Å². The number of nitrogens with zero attached hydrogens (tertiary/aromatic N) is 12. The number of rotatable bonds is 13. The summed E-state index contributed by atoms with van der Waals surface area (Å²) in [7, 11) is 0. The van der Waals surface area contributed by atoms with Crippen LogP contribution in [0.1, 0.15) is 135 Å². The summed E-state index contributed by atoms with van der Waals surface area (Å²) in [6, 6.07) is 47.0. The van der Waals surface area contributed by atoms with E-state index in [2.05, 4.69) is 186 Å². The van der Waals surface area contributed by atoms with Crippen LogP contribution in [-0.2, 0) is 6.42 Å². The van der Waals surface area contributed by atoms with Crippen LogP contribution in [-0.4, -0.2) is 115 Å². The number of hydrogen-bond donors (Lipinski definition) is 5. The van der Waals surface area contributed by atoms with Crippen LogP contribution in [0.25, 0.3) is 89.3 Å². The van der Waals surface area contributed by atoms with Gasteiger partial charge in [0.15, 0.2) is 0 Å². The number of alkyl halides is 3. The van der Waals surface area contributed by atoms with E-state index in [1.807, 2.05) is 67.6 Å². The molecule has 0 radical (unpaired) electrons. The second-order valence-electron chi connectivity index (χ2n) is 28.8. The Morgan fingerprint density at radius 2 is 0.838 bits per heavy atom. The van der Waals surface area contributed by atoms with Crippen molar-refractivity contribution in [3.63, 3.8) is 0 Å². The van der Waals surface area contributed by atoms with Gasteiger partial charge in [0.05, 0.1) is 32.7 Å². The minimum absolute atomic E-state index is 0.243. The van der Waals surface area contributed by atoms with E-state index in [9.17, 15) is 13.2 Å². The molecule has 14 aromatic rings. The van der Waals surface area contributed by atoms with Crippen molar-refractivity contribution in [3.05, 3.63) is 243 Å². The first kappa shape index (κ1) is 72.4. The molecule has 1 aliphatic carbocycles. The Labute approximate surface area is 645 Å². The van der Waals surface area contributed by atoms with Gasteiger partial charge in [0.2, 0.25) is 0 Å². The van der Waals surface area contributed by atoms with Crippen molar-refractivity contribution in [2.75, 3.05) is 54.0 Å². The van der Waals surface area contributed by atoms with Crippen molar-refractivity contribution in [3.8, 4) is 98.4 Å². The lowest BCUT2D eigenvalue weighted by molar-refractivity contribution is -0.274. The molecule has 554 valence electrons. The molecule has 3 saturated heterocycles. The largest absolute Gasteiger partial charge is 0.573 e. The van der Waals surface area contributed by atoms with Gasteiger partial charge in [-0.15, -0.1) is 43.8 Å². The Hall–Kier alpha value is -12.8. The molecule has 3 aliphatic heterocycles. The highest BCUT2D eigenvalue weighted by molar-refractivity contribution is 7.15. The van der Waals surface area contributed by atoms with E-state index in [0.29, 0.717) is 11.8 Å². The summed E-state index contributed by atoms with van der Waals surface area (Å²) in [4.78, 5) is 69.4. The average molecular weight is 1490 g/mol. The predicted octanol–water partition coefficient (Wildman–Crippen LogP) is 18.6. The quantitative estimate of drug-likeness (QED) is 0.0681. The first-order chi connectivity index (χ1) is 53.9. The normalized spacial score (nSPS) is 14.8. The Morgan fingerprint density at radius 3 is 1.27 bits per heavy atom. The number of aromatic amines is 5. The smallest absolute Gasteiger partial charge is 0.406 e. The number of allylic oxidation sites excluding steroid dienone is 1. The number of benzene rings is 5. The van der Waals surface area contributed by atoms with Crippen molar-refractivity contribution in [1.29, 1.82) is 0 Å². The van der Waals surface area contributed by atoms with E-state index in [1.165, 1.54) is 38.6 Å². The van der Waals surface area contributed by atoms with Crippen LogP contribution >= 0.6 is 11.3 Å². The lowest BCUT2D eigenvalue weighted by atomic mass is 9.96. The summed E-state index contributed by atoms with van der Waals surface area (Å²) in [5.41, 5.74) is 22.1. The van der Waals surface area contributed by atoms with Crippen LogP contribution in [0.15, 0.2) is 165 Å². The molecule has 111 heavy (non-hydrogen) atoms. The summed E-state index contributed by atoms with van der Waals surface area (Å²) in [6.45, 7) is 15.8. The first-order valence-electron chi connectivity index (χ1n) is 37.3. The van der Waals surface area contributed by atoms with Gasteiger partial charge in [0.1, 0.15) is 76.6 Å². The number of aromatic nitrogens is 14. The fraction of sp³-hybridized carbons (Fsp3) is 0.247. The molecular formula is C89H80F3N17OS. The number of piperidine rings is 3. The molecule has 0 spiro atoms. The number of halogens is 3. The predicted molar refractivity (Wildman–Crippen MR) is 435 cm³/mol. The van der Waals surface area contributed by atoms with Crippen molar-refractivity contribution >= 4 is 62.5 Å². The SMILES string of the molecule is C#Cc1ccc(-c2cc3c(N4CCC(c5nc(-c6ccc(C)cc6)c(C)[nH]5)CC4)ncnc3[nH]2)cc1.C#Cc1ccc(-c2cc3c(N4CCC(c5nc(-c6ccc(C)s6)c(C)[nH]5)CC4)ncnc3[nH]2)cc1.C#Cc1ccc(C2=Cc3c(ncnc3N3CCC(c4nc(-c5ccc(OC(F)(F)F)cc5)c(C)[nH]4)CC3)C2)cc1. The number of terminal acetylenes is 3. The van der Waals surface area contributed by atoms with Crippen LogP contribution in [0.2, 0.25) is 0 Å². The lowest BCUT2D eigenvalue weighted by Gasteiger charge is -2.32. The van der Waals surface area contributed by atoms with Crippen molar-refractivity contribution in [1.82, 2.24) is 69.8 Å². The zero-order chi connectivity index (χ0) is 76.4. The number of fused-ring (bicyclic) bond motifs is 3. The number of hydrogen-bond acceptors (Lipinski definition) is 14. The maximum atomic E-state index is 12.5. The standard InChI is InChI=1S/C31H26F3N5O.C30H28N6.C28H26N6S/c1-3-20-4-6-21(7-5-20)24-16-26-27(17-24)35-18-36-30(26)39-14-12-23(13-15-39)29-37-19(2)28(38-29)22-8-10-25(11-9-22)40-31(32,33)34;1-4-21-7-11-22(12-8-21)26-17-25-29(34-26)31-18-32-30(25)36-15-13-24(14-16-36)28-33-20(3)27(35-28)23-9-5-19(2)6-10-23;1-4-19-6-8-20(9-7-19)23-15-22-27(32-23)29-16-30-28(22)34-13-11-21(12-14-34)26-31-18(3)25(33-26)24-10-5-17(2)35-24/h1,4-11,16,18,23H,12-15,17H2,2H3,(H,37,38);1,5-12,17-18,24H,13-16H2,2-3H3,(H,33,35)(H,31,32,34);1,5-10,15-16,21H,11-14H2,2-3H3,(H,31,33)(H,29,30,32). The Bertz CT molecular complexity index is 5860. The van der Waals surface area contributed by atoms with Gasteiger partial charge in [-0.1, -0.05) is 84.0 Å². The van der Waals surface area contributed by atoms with Crippen LogP contribution in [0.4, 0.5) is 30.6 Å². The first-order valence-corrected chi connectivity index (χ1v) is 38.1. The van der Waals surface area contributed by atoms with E-state index < -0.39 is 6.36 Å². The summed E-state index contributed by atoms with van der Waals surface area (Å²) >= 11 is 1.80. The van der Waals surface area contributed by atoms with Gasteiger partial charge in [0.25, 0.3) is 0 Å². The topological polar surface area (TPSA) is 214 Å². The van der Waals surface area contributed by atoms with Crippen LogP contribution in [0.5, 0.6) is 5.75 Å². The Morgan fingerprint density at radius 1 is 0.441 bits per heavy atom. The highest BCUT2D eigenvalue weighted by Gasteiger charge is 2.33. The molecule has 3 fully saturated rings. The molecular weight excluding hydrogens is 1410 g/mol. The Balaban J connectivity index is 0.000000127. The zero-order valence-electron chi connectivity index (χ0n) is 62.1. The number of H-pyrrole nitrogens is 5. The molecule has 18 rings (SSSR count). The van der Waals surface area contributed by atoms with Gasteiger partial charge in [-0.05, 0) is 186 Å². The minimum atomic E-state index is -4.72. The molecule has 0 atom stereocenters. The molecule has 5 aromatic carbocycles. The summed E-state index contributed by atoms with van der Waals surface area (Å²) < 4.78 is 41.5. The molecule has 9 aromatic heterocycles. The second-order valence-corrected chi connectivity index (χ2v) is 30.1. The highest BCUT2D eigenvalue weighted by atomic mass is 32.1. The fourth-order valence-corrected chi connectivity index (χ4v) is 16.4. The summed E-state index contributed by atoms with van der Waals surface area (Å²) in [5, 5.41) is 2.09. The number of imidazole rings is 3. The number of ether oxygens (including phenoxy) is 1. The van der Waals surface area contributed by atoms with Crippen LogP contribution in [0, 0.1) is 71.7 Å². The molecule has 0 unspecified atom stereocenters. The highest BCUT2D eigenvalue weighted by Crippen LogP contribution is 2.42. The Kier molecular flexibility index (Phi) is 20.2. The third-order valence-corrected chi connectivity index (χ3v) is 22.5. The molecule has 12 heterocycles. The van der Waals surface area contributed by atoms with Crippen molar-refractivity contribution < 1.29 is 17.9 Å². The van der Waals surface area contributed by atoms with Gasteiger partial charge >= 0.3 is 6.36 Å². The van der Waals surface area contributed by atoms with Gasteiger partial charge in [-0.2, -0.15) is 0 Å². The van der Waals surface area contributed by atoms with E-state index in [1.54, 1.807) is 42.5 Å². The van der Waals surface area contributed by atoms with Crippen LogP contribution < -0.4 is 19.4 Å². The van der Waals surface area contributed by atoms with Crippen LogP contribution in [0.3, 0.4) is 0 Å². The third-order valence-electron chi connectivity index (χ3n) is 21.5. The number of nitrogens with one attached hydrogen (secondary N) is 5. The molecule has 4 aliphatic rings. The number of aryl methyl sites for hydroxylation is 5. The molecule has 0 saturated carbocycles. The van der Waals surface area contributed by atoms with Gasteiger partial charge < -0.3 is 44.4 Å². The molecule has 22 heteroatoms. The van der Waals surface area contributed by atoms with E-state index in [0.717, 1.165) is 237 Å². The molecule has 18 nitrogen and oxygen atoms in total. The minimum Gasteiger partial charge on any atom is -0.406 e. The monoisotopic (exact) mass is 1490 g/mol. The second kappa shape index (κ2) is 31.0. The maximum Gasteiger partial charge on any atom is 0.573 e. The summed E-state index contributed by atoms with van der Waals surface area (Å²) in [5.74, 6) is 14.8. The molecule has 5 N–H and O–H groups in total. The van der Waals surface area contributed by atoms with E-state index >= 15 is 0 Å². The maximum absolute atomic E-state index is 12.5. The fourth-order valence-electron chi connectivity index (χ4n) is 15.5. The number of thiophene rings is 1. The van der Waals surface area contributed by atoms with Gasteiger partial charge in [-0.3, -0.25) is 0 Å². The lowest BCUT2D eigenvalue weighted by Crippen LogP contribution is -2.34.